The van der Waals surface area contributed by atoms with Gasteiger partial charge in [-0.2, -0.15) is 0 Å². The van der Waals surface area contributed by atoms with Crippen molar-refractivity contribution in [3.05, 3.63) is 65.2 Å². The molecule has 1 saturated heterocycles. The summed E-state index contributed by atoms with van der Waals surface area (Å²) in [5, 5.41) is 0. The van der Waals surface area contributed by atoms with Gasteiger partial charge < -0.3 is 14.4 Å². The number of ether oxygens (including phenoxy) is 2. The normalized spacial score (nSPS) is 14.6. The van der Waals surface area contributed by atoms with Crippen LogP contribution in [0, 0.1) is 6.92 Å². The molecule has 1 fully saturated rings. The molecule has 0 saturated carbocycles. The maximum absolute atomic E-state index is 6.03. The number of para-hydroxylation sites is 1. The second kappa shape index (κ2) is 7.57. The Hall–Kier alpha value is -1.91. The number of benzene rings is 2. The summed E-state index contributed by atoms with van der Waals surface area (Å²) in [6.45, 7) is 5.76. The number of hydrogen-bond acceptors (Lipinski definition) is 3. The average molecular weight is 327 g/mol. The average Bonchev–Trinajstić information content (AvgIpc) is 2.62. The van der Waals surface area contributed by atoms with E-state index in [-0.39, 0.29) is 0 Å². The number of rotatable bonds is 4. The molecule has 0 aromatic heterocycles. The monoisotopic (exact) mass is 327 g/mol. The van der Waals surface area contributed by atoms with E-state index in [0.29, 0.717) is 6.61 Å². The highest BCUT2D eigenvalue weighted by atomic mass is 32.1. The zero-order chi connectivity index (χ0) is 16.1. The van der Waals surface area contributed by atoms with Gasteiger partial charge in [-0.25, -0.2) is 0 Å². The molecule has 1 aliphatic rings. The van der Waals surface area contributed by atoms with E-state index in [0.717, 1.165) is 48.2 Å². The van der Waals surface area contributed by atoms with Crippen molar-refractivity contribution < 1.29 is 9.47 Å². The van der Waals surface area contributed by atoms with Gasteiger partial charge in [0.15, 0.2) is 0 Å². The van der Waals surface area contributed by atoms with Gasteiger partial charge in [0.25, 0.3) is 0 Å². The molecule has 0 radical (unpaired) electrons. The Morgan fingerprint density at radius 3 is 2.52 bits per heavy atom. The Labute approximate surface area is 142 Å². The molecule has 3 rings (SSSR count). The second-order valence-corrected chi connectivity index (χ2v) is 6.06. The van der Waals surface area contributed by atoms with Gasteiger partial charge in [-0.3, -0.25) is 0 Å². The molecule has 23 heavy (non-hydrogen) atoms. The minimum absolute atomic E-state index is 0.545. The first kappa shape index (κ1) is 16.0. The lowest BCUT2D eigenvalue weighted by atomic mass is 10.1. The zero-order valence-corrected chi connectivity index (χ0v) is 14.1. The Kier molecular flexibility index (Phi) is 5.26. The van der Waals surface area contributed by atoms with E-state index in [1.54, 1.807) is 0 Å². The fourth-order valence-corrected chi connectivity index (χ4v) is 2.90. The van der Waals surface area contributed by atoms with Crippen molar-refractivity contribution in [3.63, 3.8) is 0 Å². The highest BCUT2D eigenvalue weighted by Gasteiger charge is 2.18. The van der Waals surface area contributed by atoms with E-state index in [2.05, 4.69) is 36.1 Å². The largest absolute Gasteiger partial charge is 0.488 e. The Morgan fingerprint density at radius 1 is 1.09 bits per heavy atom. The van der Waals surface area contributed by atoms with E-state index in [1.807, 2.05) is 24.3 Å². The van der Waals surface area contributed by atoms with Gasteiger partial charge >= 0.3 is 0 Å². The van der Waals surface area contributed by atoms with Crippen molar-refractivity contribution in [2.24, 2.45) is 0 Å². The molecule has 4 heteroatoms. The highest BCUT2D eigenvalue weighted by Crippen LogP contribution is 2.22. The third kappa shape index (κ3) is 4.09. The van der Waals surface area contributed by atoms with E-state index in [4.69, 9.17) is 21.7 Å². The summed E-state index contributed by atoms with van der Waals surface area (Å²) in [5.41, 5.74) is 3.39. The van der Waals surface area contributed by atoms with Crippen LogP contribution in [-0.2, 0) is 11.3 Å². The van der Waals surface area contributed by atoms with Crippen molar-refractivity contribution in [1.29, 1.82) is 0 Å². The molecule has 0 atom stereocenters. The van der Waals surface area contributed by atoms with Crippen molar-refractivity contribution >= 4 is 17.2 Å². The summed E-state index contributed by atoms with van der Waals surface area (Å²) in [6.07, 6.45) is 0. The van der Waals surface area contributed by atoms with Gasteiger partial charge in [0.2, 0.25) is 0 Å². The van der Waals surface area contributed by atoms with E-state index < -0.39 is 0 Å². The molecule has 2 aromatic carbocycles. The highest BCUT2D eigenvalue weighted by molar-refractivity contribution is 7.80. The smallest absolute Gasteiger partial charge is 0.130 e. The molecule has 120 valence electrons. The van der Waals surface area contributed by atoms with Gasteiger partial charge in [-0.15, -0.1) is 0 Å². The van der Waals surface area contributed by atoms with Crippen LogP contribution in [0.4, 0.5) is 0 Å². The zero-order valence-electron chi connectivity index (χ0n) is 13.3. The molecular formula is C19H21NO2S. The molecule has 0 aliphatic carbocycles. The quantitative estimate of drug-likeness (QED) is 0.800. The number of nitrogens with zero attached hydrogens (tertiary/aromatic N) is 1. The van der Waals surface area contributed by atoms with Crippen molar-refractivity contribution in [1.82, 2.24) is 4.90 Å². The summed E-state index contributed by atoms with van der Waals surface area (Å²) in [5.74, 6) is 0.838. The maximum Gasteiger partial charge on any atom is 0.130 e. The van der Waals surface area contributed by atoms with Gasteiger partial charge in [-0.05, 0) is 24.6 Å². The first-order valence-electron chi connectivity index (χ1n) is 7.88. The molecule has 1 heterocycles. The lowest BCUT2D eigenvalue weighted by Gasteiger charge is -2.29. The lowest BCUT2D eigenvalue weighted by Crippen LogP contribution is -2.40. The maximum atomic E-state index is 6.03. The topological polar surface area (TPSA) is 21.7 Å². The first-order valence-corrected chi connectivity index (χ1v) is 8.29. The second-order valence-electron chi connectivity index (χ2n) is 5.68. The Balaban J connectivity index is 1.72. The first-order chi connectivity index (χ1) is 11.2. The summed E-state index contributed by atoms with van der Waals surface area (Å²) in [7, 11) is 0. The molecule has 0 unspecified atom stereocenters. The SMILES string of the molecule is Cc1ccc(COc2ccccc2C(=S)N2CCOCC2)cc1. The van der Waals surface area contributed by atoms with Crippen LogP contribution >= 0.6 is 12.2 Å². The third-order valence-corrected chi connectivity index (χ3v) is 4.41. The molecule has 1 aliphatic heterocycles. The molecule has 0 amide bonds. The van der Waals surface area contributed by atoms with Crippen LogP contribution in [0.3, 0.4) is 0 Å². The fourth-order valence-electron chi connectivity index (χ4n) is 2.55. The molecule has 0 spiro atoms. The Bertz CT molecular complexity index is 663. The van der Waals surface area contributed by atoms with Crippen LogP contribution in [-0.4, -0.2) is 36.2 Å². The predicted molar refractivity (Wildman–Crippen MR) is 96.0 cm³/mol. The van der Waals surface area contributed by atoms with Gasteiger partial charge in [0.1, 0.15) is 17.3 Å². The van der Waals surface area contributed by atoms with Crippen LogP contribution in [0.2, 0.25) is 0 Å². The summed E-state index contributed by atoms with van der Waals surface area (Å²) < 4.78 is 11.4. The lowest BCUT2D eigenvalue weighted by molar-refractivity contribution is 0.0692. The van der Waals surface area contributed by atoms with E-state index >= 15 is 0 Å². The molecule has 3 nitrogen and oxygen atoms in total. The minimum Gasteiger partial charge on any atom is -0.488 e. The minimum atomic E-state index is 0.545. The molecule has 2 aromatic rings. The van der Waals surface area contributed by atoms with Crippen molar-refractivity contribution in [2.75, 3.05) is 26.3 Å². The number of aryl methyl sites for hydroxylation is 1. The number of thiocarbonyl (C=S) groups is 1. The van der Waals surface area contributed by atoms with Crippen LogP contribution in [0.1, 0.15) is 16.7 Å². The van der Waals surface area contributed by atoms with Gasteiger partial charge in [0, 0.05) is 13.1 Å². The van der Waals surface area contributed by atoms with Crippen LogP contribution in [0.25, 0.3) is 0 Å². The van der Waals surface area contributed by atoms with E-state index in [1.165, 1.54) is 5.56 Å². The van der Waals surface area contributed by atoms with Crippen LogP contribution in [0.15, 0.2) is 48.5 Å². The van der Waals surface area contributed by atoms with E-state index in [9.17, 15) is 0 Å². The van der Waals surface area contributed by atoms with Crippen LogP contribution < -0.4 is 4.74 Å². The van der Waals surface area contributed by atoms with Gasteiger partial charge in [0.05, 0.1) is 18.8 Å². The van der Waals surface area contributed by atoms with Crippen LogP contribution in [0.5, 0.6) is 5.75 Å². The number of morpholine rings is 1. The third-order valence-electron chi connectivity index (χ3n) is 3.93. The standard InChI is InChI=1S/C19H21NO2S/c1-15-6-8-16(9-7-15)14-22-18-5-3-2-4-17(18)19(23)20-10-12-21-13-11-20/h2-9H,10-14H2,1H3. The summed E-state index contributed by atoms with van der Waals surface area (Å²) in [4.78, 5) is 3.03. The fraction of sp³-hybridized carbons (Fsp3) is 0.316. The van der Waals surface area contributed by atoms with Gasteiger partial charge in [-0.1, -0.05) is 54.2 Å². The molecular weight excluding hydrogens is 306 g/mol. The molecule has 0 N–H and O–H groups in total. The number of hydrogen-bond donors (Lipinski definition) is 0. The summed E-state index contributed by atoms with van der Waals surface area (Å²) in [6, 6.07) is 16.4. The molecule has 0 bridgehead atoms. The summed E-state index contributed by atoms with van der Waals surface area (Å²) >= 11 is 5.67. The van der Waals surface area contributed by atoms with Crippen molar-refractivity contribution in [3.8, 4) is 5.75 Å². The Morgan fingerprint density at radius 2 is 1.78 bits per heavy atom. The van der Waals surface area contributed by atoms with Crippen molar-refractivity contribution in [2.45, 2.75) is 13.5 Å². The predicted octanol–water partition coefficient (Wildman–Crippen LogP) is 3.58.